The Morgan fingerprint density at radius 2 is 1.76 bits per heavy atom. The molecule has 0 bridgehead atoms. The number of ether oxygens (including phenoxy) is 2. The maximum absolute atomic E-state index is 12.8. The van der Waals surface area contributed by atoms with Crippen LogP contribution in [0.3, 0.4) is 0 Å². The summed E-state index contributed by atoms with van der Waals surface area (Å²) in [5.74, 6) is 0.127. The average Bonchev–Trinajstić information content (AvgIpc) is 2.53. The van der Waals surface area contributed by atoms with Gasteiger partial charge in [-0.25, -0.2) is 0 Å². The Balaban J connectivity index is 2.12. The number of nitrogens with one attached hydrogen (secondary N) is 1. The van der Waals surface area contributed by atoms with Crippen molar-refractivity contribution < 1.29 is 27.4 Å². The van der Waals surface area contributed by atoms with Crippen LogP contribution in [-0.2, 0) is 11.0 Å². The third-order valence-electron chi connectivity index (χ3n) is 3.56. The van der Waals surface area contributed by atoms with E-state index in [9.17, 15) is 18.0 Å². The van der Waals surface area contributed by atoms with Gasteiger partial charge in [0.05, 0.1) is 18.4 Å². The second-order valence-electron chi connectivity index (χ2n) is 5.47. The number of hydrogen-bond acceptors (Lipinski definition) is 3. The number of benzene rings is 2. The number of para-hydroxylation sites is 1. The zero-order chi connectivity index (χ0) is 18.6. The van der Waals surface area contributed by atoms with E-state index in [1.807, 2.05) is 32.0 Å². The molecular formula is C18H18F3NO3. The molecule has 4 nitrogen and oxygen atoms in total. The number of carbonyl (C=O) groups is 1. The minimum atomic E-state index is -4.51. The molecule has 0 fully saturated rings. The van der Waals surface area contributed by atoms with Crippen LogP contribution in [-0.4, -0.2) is 19.6 Å². The van der Waals surface area contributed by atoms with E-state index in [4.69, 9.17) is 9.47 Å². The lowest BCUT2D eigenvalue weighted by molar-refractivity contribution is -0.137. The molecule has 2 aromatic rings. The number of aryl methyl sites for hydroxylation is 2. The highest BCUT2D eigenvalue weighted by Gasteiger charge is 2.31. The number of rotatable bonds is 5. The molecule has 0 atom stereocenters. The van der Waals surface area contributed by atoms with Crippen LogP contribution < -0.4 is 14.8 Å². The molecule has 0 radical (unpaired) electrons. The minimum Gasteiger partial charge on any atom is -0.495 e. The number of amides is 1. The second-order valence-corrected chi connectivity index (χ2v) is 5.47. The normalized spacial score (nSPS) is 11.1. The molecule has 0 aliphatic carbocycles. The highest BCUT2D eigenvalue weighted by atomic mass is 19.4. The van der Waals surface area contributed by atoms with Gasteiger partial charge in [0, 0.05) is 0 Å². The van der Waals surface area contributed by atoms with Gasteiger partial charge >= 0.3 is 6.18 Å². The summed E-state index contributed by atoms with van der Waals surface area (Å²) in [4.78, 5) is 12.1. The third-order valence-corrected chi connectivity index (χ3v) is 3.56. The van der Waals surface area contributed by atoms with Crippen LogP contribution in [0.2, 0.25) is 0 Å². The van der Waals surface area contributed by atoms with Gasteiger partial charge in [-0.15, -0.1) is 0 Å². The van der Waals surface area contributed by atoms with Crippen molar-refractivity contribution in [1.29, 1.82) is 0 Å². The smallest absolute Gasteiger partial charge is 0.416 e. The molecule has 134 valence electrons. The number of halogens is 3. The van der Waals surface area contributed by atoms with Crippen molar-refractivity contribution in [3.8, 4) is 11.5 Å². The van der Waals surface area contributed by atoms with Crippen LogP contribution in [0.15, 0.2) is 36.4 Å². The topological polar surface area (TPSA) is 47.6 Å². The Morgan fingerprint density at radius 3 is 2.32 bits per heavy atom. The fourth-order valence-corrected chi connectivity index (χ4v) is 2.33. The van der Waals surface area contributed by atoms with Gasteiger partial charge in [0.1, 0.15) is 11.5 Å². The van der Waals surface area contributed by atoms with Crippen molar-refractivity contribution in [2.24, 2.45) is 0 Å². The standard InChI is InChI=1S/C18H18F3NO3/c1-11-5-4-6-12(2)17(11)25-10-16(23)22-14-9-13(18(19,20)21)7-8-15(14)24-3/h4-9H,10H2,1-3H3,(H,22,23). The first kappa shape index (κ1) is 18.6. The van der Waals surface area contributed by atoms with Crippen molar-refractivity contribution >= 4 is 11.6 Å². The van der Waals surface area contributed by atoms with Gasteiger partial charge in [-0.3, -0.25) is 4.79 Å². The molecule has 0 unspecified atom stereocenters. The van der Waals surface area contributed by atoms with Gasteiger partial charge < -0.3 is 14.8 Å². The summed E-state index contributed by atoms with van der Waals surface area (Å²) in [6.07, 6.45) is -4.51. The van der Waals surface area contributed by atoms with Crippen molar-refractivity contribution in [3.05, 3.63) is 53.1 Å². The predicted molar refractivity (Wildman–Crippen MR) is 88.0 cm³/mol. The first-order valence-electron chi connectivity index (χ1n) is 7.46. The van der Waals surface area contributed by atoms with Crippen LogP contribution in [0.1, 0.15) is 16.7 Å². The molecule has 0 saturated carbocycles. The first-order chi connectivity index (χ1) is 11.7. The zero-order valence-electron chi connectivity index (χ0n) is 14.0. The average molecular weight is 353 g/mol. The summed E-state index contributed by atoms with van der Waals surface area (Å²) in [5, 5.41) is 2.39. The molecule has 1 N–H and O–H groups in total. The van der Waals surface area contributed by atoms with E-state index in [0.717, 1.165) is 29.3 Å². The van der Waals surface area contributed by atoms with Gasteiger partial charge in [-0.2, -0.15) is 13.2 Å². The number of methoxy groups -OCH3 is 1. The van der Waals surface area contributed by atoms with E-state index in [2.05, 4.69) is 5.32 Å². The van der Waals surface area contributed by atoms with Gasteiger partial charge in [0.2, 0.25) is 0 Å². The number of hydrogen-bond donors (Lipinski definition) is 1. The van der Waals surface area contributed by atoms with Crippen LogP contribution >= 0.6 is 0 Å². The molecule has 25 heavy (non-hydrogen) atoms. The maximum atomic E-state index is 12.8. The molecule has 1 amide bonds. The summed E-state index contributed by atoms with van der Waals surface area (Å²) in [6.45, 7) is 3.36. The molecule has 0 spiro atoms. The van der Waals surface area contributed by atoms with E-state index in [-0.39, 0.29) is 18.0 Å². The van der Waals surface area contributed by atoms with E-state index in [0.29, 0.717) is 5.75 Å². The fourth-order valence-electron chi connectivity index (χ4n) is 2.33. The van der Waals surface area contributed by atoms with Crippen LogP contribution in [0.25, 0.3) is 0 Å². The fraction of sp³-hybridized carbons (Fsp3) is 0.278. The Morgan fingerprint density at radius 1 is 1.12 bits per heavy atom. The summed E-state index contributed by atoms with van der Waals surface area (Å²) in [6, 6.07) is 8.43. The Labute approximate surface area is 143 Å². The van der Waals surface area contributed by atoms with Crippen LogP contribution in [0, 0.1) is 13.8 Å². The van der Waals surface area contributed by atoms with E-state index in [1.165, 1.54) is 7.11 Å². The highest BCUT2D eigenvalue weighted by molar-refractivity contribution is 5.93. The Hall–Kier alpha value is -2.70. The molecule has 0 saturated heterocycles. The van der Waals surface area contributed by atoms with Crippen molar-refractivity contribution in [3.63, 3.8) is 0 Å². The largest absolute Gasteiger partial charge is 0.495 e. The Kier molecular flexibility index (Phi) is 5.56. The lowest BCUT2D eigenvalue weighted by atomic mass is 10.1. The highest BCUT2D eigenvalue weighted by Crippen LogP contribution is 2.35. The minimum absolute atomic E-state index is 0.0626. The molecule has 7 heteroatoms. The first-order valence-corrected chi connectivity index (χ1v) is 7.46. The van der Waals surface area contributed by atoms with Gasteiger partial charge in [-0.1, -0.05) is 18.2 Å². The van der Waals surface area contributed by atoms with Gasteiger partial charge in [-0.05, 0) is 43.2 Å². The molecule has 0 heterocycles. The molecular weight excluding hydrogens is 335 g/mol. The number of carbonyl (C=O) groups excluding carboxylic acids is 1. The molecule has 0 aliphatic rings. The zero-order valence-corrected chi connectivity index (χ0v) is 14.0. The van der Waals surface area contributed by atoms with Gasteiger partial charge in [0.15, 0.2) is 6.61 Å². The summed E-state index contributed by atoms with van der Waals surface area (Å²) in [5.41, 5.74) is 0.792. The molecule has 0 aromatic heterocycles. The lowest BCUT2D eigenvalue weighted by Crippen LogP contribution is -2.21. The number of anilines is 1. The van der Waals surface area contributed by atoms with Gasteiger partial charge in [0.25, 0.3) is 5.91 Å². The number of alkyl halides is 3. The van der Waals surface area contributed by atoms with Crippen molar-refractivity contribution in [1.82, 2.24) is 0 Å². The monoisotopic (exact) mass is 353 g/mol. The van der Waals surface area contributed by atoms with Crippen molar-refractivity contribution in [2.45, 2.75) is 20.0 Å². The van der Waals surface area contributed by atoms with Crippen LogP contribution in [0.5, 0.6) is 11.5 Å². The third kappa shape index (κ3) is 4.65. The molecule has 2 aromatic carbocycles. The van der Waals surface area contributed by atoms with Crippen molar-refractivity contribution in [2.75, 3.05) is 19.0 Å². The lowest BCUT2D eigenvalue weighted by Gasteiger charge is -2.15. The Bertz CT molecular complexity index is 752. The SMILES string of the molecule is COc1ccc(C(F)(F)F)cc1NC(=O)COc1c(C)cccc1C. The summed E-state index contributed by atoms with van der Waals surface area (Å²) >= 11 is 0. The summed E-state index contributed by atoms with van der Waals surface area (Å²) < 4.78 is 49.0. The van der Waals surface area contributed by atoms with E-state index >= 15 is 0 Å². The molecule has 0 aliphatic heterocycles. The second kappa shape index (κ2) is 7.46. The maximum Gasteiger partial charge on any atom is 0.416 e. The predicted octanol–water partition coefficient (Wildman–Crippen LogP) is 4.35. The van der Waals surface area contributed by atoms with E-state index < -0.39 is 17.6 Å². The molecule has 2 rings (SSSR count). The van der Waals surface area contributed by atoms with Crippen LogP contribution in [0.4, 0.5) is 18.9 Å². The quantitative estimate of drug-likeness (QED) is 0.869. The summed E-state index contributed by atoms with van der Waals surface area (Å²) in [7, 11) is 1.31. The van der Waals surface area contributed by atoms with E-state index in [1.54, 1.807) is 0 Å².